The van der Waals surface area contributed by atoms with Crippen molar-refractivity contribution in [3.05, 3.63) is 114 Å². The second-order valence-corrected chi connectivity index (χ2v) is 10.9. The Morgan fingerprint density at radius 1 is 0.872 bits per heavy atom. The highest BCUT2D eigenvalue weighted by Gasteiger charge is 2.36. The first kappa shape index (κ1) is 27.1. The summed E-state index contributed by atoms with van der Waals surface area (Å²) in [4.78, 5) is 19.1. The fraction of sp³-hybridized carbons (Fsp3) is 0.382. The van der Waals surface area contributed by atoms with Gasteiger partial charge in [0.15, 0.2) is 0 Å². The van der Waals surface area contributed by atoms with Crippen molar-refractivity contribution >= 4 is 5.91 Å². The molecule has 1 unspecified atom stereocenters. The Hall–Kier alpha value is -3.44. The van der Waals surface area contributed by atoms with Crippen molar-refractivity contribution in [2.24, 2.45) is 5.92 Å². The summed E-state index contributed by atoms with van der Waals surface area (Å²) in [5, 5.41) is 0. The molecule has 0 aromatic heterocycles. The topological polar surface area (TPSA) is 32.8 Å². The SMILES string of the molecule is COc1ccc(C2/C=C\CN(CC3CCCCC3)[C@@H](Cc3ccccc3)C(=O)N2Cc2ccc(F)cc2)cc1. The second-order valence-electron chi connectivity index (χ2n) is 10.9. The molecule has 1 heterocycles. The molecule has 0 radical (unpaired) electrons. The van der Waals surface area contributed by atoms with Gasteiger partial charge in [0.2, 0.25) is 5.91 Å². The standard InChI is InChI=1S/C34H39FN2O2/c1-39-31-20-16-29(17-21-31)32-13-8-22-36(24-27-11-6-3-7-12-27)33(23-26-9-4-2-5-10-26)34(38)37(32)25-28-14-18-30(35)19-15-28/h2,4-5,8-10,13-21,27,32-33H,3,6-7,11-12,22-25H2,1H3/b13-8-/t32?,33-/m0/s1. The molecule has 2 aliphatic rings. The molecule has 0 spiro atoms. The van der Waals surface area contributed by atoms with Crippen LogP contribution < -0.4 is 4.74 Å². The number of ether oxygens (including phenoxy) is 1. The van der Waals surface area contributed by atoms with Crippen LogP contribution in [0.3, 0.4) is 0 Å². The van der Waals surface area contributed by atoms with Crippen LogP contribution in [0.2, 0.25) is 0 Å². The Labute approximate surface area is 232 Å². The summed E-state index contributed by atoms with van der Waals surface area (Å²) in [7, 11) is 1.66. The van der Waals surface area contributed by atoms with Crippen LogP contribution in [0.4, 0.5) is 4.39 Å². The number of hydrogen-bond donors (Lipinski definition) is 0. The van der Waals surface area contributed by atoms with Gasteiger partial charge < -0.3 is 9.64 Å². The third-order valence-electron chi connectivity index (χ3n) is 8.22. The Morgan fingerprint density at radius 2 is 1.59 bits per heavy atom. The molecule has 2 atom stereocenters. The van der Waals surface area contributed by atoms with Crippen molar-refractivity contribution in [2.75, 3.05) is 20.2 Å². The minimum atomic E-state index is -0.277. The number of rotatable bonds is 8. The van der Waals surface area contributed by atoms with E-state index >= 15 is 0 Å². The minimum absolute atomic E-state index is 0.115. The van der Waals surface area contributed by atoms with Crippen molar-refractivity contribution < 1.29 is 13.9 Å². The first-order valence-electron chi connectivity index (χ1n) is 14.2. The van der Waals surface area contributed by atoms with Crippen molar-refractivity contribution in [2.45, 2.75) is 57.2 Å². The minimum Gasteiger partial charge on any atom is -0.497 e. The van der Waals surface area contributed by atoms with Crippen LogP contribution in [0.25, 0.3) is 0 Å². The number of benzene rings is 3. The van der Waals surface area contributed by atoms with E-state index in [4.69, 9.17) is 4.74 Å². The molecular weight excluding hydrogens is 487 g/mol. The average Bonchev–Trinajstić information content (AvgIpc) is 2.98. The molecule has 39 heavy (non-hydrogen) atoms. The molecule has 1 saturated carbocycles. The van der Waals surface area contributed by atoms with E-state index in [2.05, 4.69) is 29.2 Å². The number of carbonyl (C=O) groups excluding carboxylic acids is 1. The maximum absolute atomic E-state index is 14.7. The van der Waals surface area contributed by atoms with Crippen LogP contribution in [-0.4, -0.2) is 41.9 Å². The van der Waals surface area contributed by atoms with Crippen molar-refractivity contribution in [1.82, 2.24) is 9.80 Å². The zero-order chi connectivity index (χ0) is 27.0. The largest absolute Gasteiger partial charge is 0.497 e. The Morgan fingerprint density at radius 3 is 2.28 bits per heavy atom. The lowest BCUT2D eigenvalue weighted by Crippen LogP contribution is -2.52. The number of methoxy groups -OCH3 is 1. The molecule has 0 saturated heterocycles. The summed E-state index contributed by atoms with van der Waals surface area (Å²) in [6, 6.07) is 24.3. The van der Waals surface area contributed by atoms with Crippen molar-refractivity contribution in [3.8, 4) is 5.75 Å². The number of carbonyl (C=O) groups is 1. The summed E-state index contributed by atoms with van der Waals surface area (Å²) in [5.41, 5.74) is 3.10. The summed E-state index contributed by atoms with van der Waals surface area (Å²) >= 11 is 0. The van der Waals surface area contributed by atoms with E-state index < -0.39 is 0 Å². The number of amides is 1. The first-order chi connectivity index (χ1) is 19.1. The third kappa shape index (κ3) is 6.96. The summed E-state index contributed by atoms with van der Waals surface area (Å²) in [5.74, 6) is 1.25. The van der Waals surface area contributed by atoms with Gasteiger partial charge in [-0.2, -0.15) is 0 Å². The lowest BCUT2D eigenvalue weighted by Gasteiger charge is -2.41. The number of halogens is 1. The van der Waals surface area contributed by atoms with Gasteiger partial charge in [-0.15, -0.1) is 0 Å². The zero-order valence-corrected chi connectivity index (χ0v) is 22.8. The van der Waals surface area contributed by atoms with Gasteiger partial charge in [0.05, 0.1) is 19.2 Å². The molecule has 1 aliphatic carbocycles. The fourth-order valence-electron chi connectivity index (χ4n) is 6.05. The van der Waals surface area contributed by atoms with E-state index in [0.717, 1.165) is 35.5 Å². The van der Waals surface area contributed by atoms with Crippen LogP contribution in [0, 0.1) is 11.7 Å². The predicted molar refractivity (Wildman–Crippen MR) is 154 cm³/mol. The van der Waals surface area contributed by atoms with Gasteiger partial charge in [0, 0.05) is 19.6 Å². The molecule has 1 amide bonds. The summed E-state index contributed by atoms with van der Waals surface area (Å²) in [6.45, 7) is 2.09. The van der Waals surface area contributed by atoms with Crippen molar-refractivity contribution in [3.63, 3.8) is 0 Å². The smallest absolute Gasteiger partial charge is 0.241 e. The lowest BCUT2D eigenvalue weighted by atomic mass is 9.88. The van der Waals surface area contributed by atoms with Gasteiger partial charge in [0.1, 0.15) is 11.6 Å². The molecular formula is C34H39FN2O2. The molecule has 3 aromatic rings. The maximum Gasteiger partial charge on any atom is 0.241 e. The van der Waals surface area contributed by atoms with E-state index in [-0.39, 0.29) is 23.8 Å². The molecule has 0 bridgehead atoms. The van der Waals surface area contributed by atoms with Gasteiger partial charge in [-0.1, -0.05) is 86.0 Å². The van der Waals surface area contributed by atoms with Crippen LogP contribution in [0.5, 0.6) is 5.75 Å². The van der Waals surface area contributed by atoms with Gasteiger partial charge in [0.25, 0.3) is 0 Å². The Kier molecular flexibility index (Phi) is 9.10. The van der Waals surface area contributed by atoms with E-state index in [1.54, 1.807) is 19.2 Å². The van der Waals surface area contributed by atoms with E-state index in [1.165, 1.54) is 44.2 Å². The summed E-state index contributed by atoms with van der Waals surface area (Å²) in [6.07, 6.45) is 11.4. The van der Waals surface area contributed by atoms with Gasteiger partial charge in [-0.3, -0.25) is 9.69 Å². The van der Waals surface area contributed by atoms with Crippen LogP contribution in [-0.2, 0) is 17.8 Å². The molecule has 0 N–H and O–H groups in total. The quantitative estimate of drug-likeness (QED) is 0.297. The number of nitrogens with zero attached hydrogens (tertiary/aromatic N) is 2. The molecule has 1 fully saturated rings. The van der Waals surface area contributed by atoms with Gasteiger partial charge in [-0.25, -0.2) is 4.39 Å². The highest BCUT2D eigenvalue weighted by atomic mass is 19.1. The first-order valence-corrected chi connectivity index (χ1v) is 14.2. The predicted octanol–water partition coefficient (Wildman–Crippen LogP) is 6.97. The van der Waals surface area contributed by atoms with Crippen LogP contribution in [0.15, 0.2) is 91.0 Å². The van der Waals surface area contributed by atoms with Crippen molar-refractivity contribution in [1.29, 1.82) is 0 Å². The summed E-state index contributed by atoms with van der Waals surface area (Å²) < 4.78 is 19.1. The molecule has 204 valence electrons. The second kappa shape index (κ2) is 13.1. The van der Waals surface area contributed by atoms with Gasteiger partial charge in [-0.05, 0) is 66.1 Å². The van der Waals surface area contributed by atoms with E-state index in [1.807, 2.05) is 47.4 Å². The Balaban J connectivity index is 1.52. The fourth-order valence-corrected chi connectivity index (χ4v) is 6.05. The molecule has 5 rings (SSSR count). The maximum atomic E-state index is 14.7. The average molecular weight is 527 g/mol. The highest BCUT2D eigenvalue weighted by molar-refractivity contribution is 5.83. The van der Waals surface area contributed by atoms with Crippen LogP contribution >= 0.6 is 0 Å². The lowest BCUT2D eigenvalue weighted by molar-refractivity contribution is -0.140. The third-order valence-corrected chi connectivity index (χ3v) is 8.22. The van der Waals surface area contributed by atoms with Gasteiger partial charge >= 0.3 is 0 Å². The number of hydrogen-bond acceptors (Lipinski definition) is 3. The van der Waals surface area contributed by atoms with E-state index in [9.17, 15) is 9.18 Å². The van der Waals surface area contributed by atoms with E-state index in [0.29, 0.717) is 18.9 Å². The van der Waals surface area contributed by atoms with Crippen LogP contribution in [0.1, 0.15) is 54.8 Å². The molecule has 3 aromatic carbocycles. The normalized spacial score (nSPS) is 21.8. The molecule has 4 nitrogen and oxygen atoms in total. The monoisotopic (exact) mass is 526 g/mol. The zero-order valence-electron chi connectivity index (χ0n) is 22.8. The Bertz CT molecular complexity index is 1220. The highest BCUT2D eigenvalue weighted by Crippen LogP contribution is 2.32. The molecule has 1 aliphatic heterocycles. The molecule has 5 heteroatoms.